The third-order valence-corrected chi connectivity index (χ3v) is 2.93. The first kappa shape index (κ1) is 13.4. The van der Waals surface area contributed by atoms with Crippen LogP contribution in [0.3, 0.4) is 0 Å². The van der Waals surface area contributed by atoms with Gasteiger partial charge in [-0.15, -0.1) is 0 Å². The van der Waals surface area contributed by atoms with E-state index in [1.165, 1.54) is 0 Å². The second kappa shape index (κ2) is 6.18. The molecule has 0 aromatic carbocycles. The number of rotatable bonds is 6. The Morgan fingerprint density at radius 2 is 2.44 bits per heavy atom. The van der Waals surface area contributed by atoms with Crippen LogP contribution in [0.15, 0.2) is 0 Å². The molecule has 1 heterocycles. The van der Waals surface area contributed by atoms with Crippen molar-refractivity contribution in [2.45, 2.75) is 38.4 Å². The molecule has 2 atom stereocenters. The van der Waals surface area contributed by atoms with Crippen molar-refractivity contribution in [3.63, 3.8) is 0 Å². The molecule has 16 heavy (non-hydrogen) atoms. The highest BCUT2D eigenvalue weighted by molar-refractivity contribution is 5.76. The van der Waals surface area contributed by atoms with E-state index in [0.717, 1.165) is 0 Å². The molecule has 0 radical (unpaired) electrons. The predicted molar refractivity (Wildman–Crippen MR) is 59.1 cm³/mol. The predicted octanol–water partition coefficient (Wildman–Crippen LogP) is 0.0691. The maximum absolute atomic E-state index is 11.4. The Balaban J connectivity index is 2.20. The van der Waals surface area contributed by atoms with Gasteiger partial charge in [0.05, 0.1) is 12.7 Å². The second-order valence-electron chi connectivity index (χ2n) is 4.09. The highest BCUT2D eigenvalue weighted by atomic mass is 16.5. The van der Waals surface area contributed by atoms with E-state index in [4.69, 9.17) is 9.47 Å². The normalized spacial score (nSPS) is 29.3. The Morgan fingerprint density at radius 1 is 1.69 bits per heavy atom. The van der Waals surface area contributed by atoms with E-state index in [1.54, 1.807) is 0 Å². The zero-order chi connectivity index (χ0) is 12.0. The Hall–Kier alpha value is -0.650. The molecule has 0 bridgehead atoms. The van der Waals surface area contributed by atoms with Gasteiger partial charge in [-0.2, -0.15) is 0 Å². The molecule has 0 aliphatic carbocycles. The van der Waals surface area contributed by atoms with Crippen LogP contribution in [0.4, 0.5) is 0 Å². The highest BCUT2D eigenvalue weighted by Crippen LogP contribution is 2.24. The van der Waals surface area contributed by atoms with Crippen LogP contribution in [0.5, 0.6) is 0 Å². The smallest absolute Gasteiger partial charge is 0.222 e. The van der Waals surface area contributed by atoms with Crippen LogP contribution < -0.4 is 5.32 Å². The van der Waals surface area contributed by atoms with Crippen molar-refractivity contribution in [3.05, 3.63) is 0 Å². The standard InChI is InChI=1S/C11H21NO4/c1-3-15-6-4-10(13)12-8-11(14)5-7-16-9(11)2/h9,14H,3-8H2,1-2H3,(H,12,13). The van der Waals surface area contributed by atoms with Gasteiger partial charge in [-0.1, -0.05) is 0 Å². The molecule has 1 aliphatic heterocycles. The number of hydrogen-bond donors (Lipinski definition) is 2. The molecule has 5 nitrogen and oxygen atoms in total. The first-order chi connectivity index (χ1) is 7.58. The monoisotopic (exact) mass is 231 g/mol. The van der Waals surface area contributed by atoms with E-state index in [1.807, 2.05) is 13.8 Å². The van der Waals surface area contributed by atoms with Gasteiger partial charge in [0.15, 0.2) is 0 Å². The molecule has 0 aromatic rings. The molecule has 5 heteroatoms. The Morgan fingerprint density at radius 3 is 3.00 bits per heavy atom. The average molecular weight is 231 g/mol. The van der Waals surface area contributed by atoms with Gasteiger partial charge in [-0.25, -0.2) is 0 Å². The molecule has 1 fully saturated rings. The van der Waals surface area contributed by atoms with Crippen LogP contribution in [0.1, 0.15) is 26.7 Å². The summed E-state index contributed by atoms with van der Waals surface area (Å²) in [7, 11) is 0. The van der Waals surface area contributed by atoms with Crippen molar-refractivity contribution in [2.75, 3.05) is 26.4 Å². The molecule has 1 aliphatic rings. The van der Waals surface area contributed by atoms with E-state index < -0.39 is 5.60 Å². The lowest BCUT2D eigenvalue weighted by Gasteiger charge is -2.26. The summed E-state index contributed by atoms with van der Waals surface area (Å²) in [5, 5.41) is 12.8. The molecule has 1 saturated heterocycles. The van der Waals surface area contributed by atoms with Crippen LogP contribution in [-0.2, 0) is 14.3 Å². The van der Waals surface area contributed by atoms with Gasteiger partial charge in [-0.3, -0.25) is 4.79 Å². The number of carbonyl (C=O) groups is 1. The van der Waals surface area contributed by atoms with Gasteiger partial charge >= 0.3 is 0 Å². The summed E-state index contributed by atoms with van der Waals surface area (Å²) >= 11 is 0. The SMILES string of the molecule is CCOCCC(=O)NCC1(O)CCOC1C. The summed E-state index contributed by atoms with van der Waals surface area (Å²) < 4.78 is 10.3. The third-order valence-electron chi connectivity index (χ3n) is 2.93. The highest BCUT2D eigenvalue weighted by Gasteiger charge is 2.39. The van der Waals surface area contributed by atoms with E-state index in [9.17, 15) is 9.90 Å². The molecule has 0 spiro atoms. The molecular formula is C11H21NO4. The summed E-state index contributed by atoms with van der Waals surface area (Å²) in [6, 6.07) is 0. The zero-order valence-electron chi connectivity index (χ0n) is 9.99. The Labute approximate surface area is 96.1 Å². The summed E-state index contributed by atoms with van der Waals surface area (Å²) in [4.78, 5) is 11.4. The molecule has 1 amide bonds. The minimum atomic E-state index is -0.915. The number of nitrogens with one attached hydrogen (secondary N) is 1. The van der Waals surface area contributed by atoms with Gasteiger partial charge in [0.2, 0.25) is 5.91 Å². The number of hydrogen-bond acceptors (Lipinski definition) is 4. The van der Waals surface area contributed by atoms with Gasteiger partial charge in [-0.05, 0) is 13.8 Å². The minimum absolute atomic E-state index is 0.0963. The minimum Gasteiger partial charge on any atom is -0.385 e. The van der Waals surface area contributed by atoms with Crippen LogP contribution in [0, 0.1) is 0 Å². The van der Waals surface area contributed by atoms with Crippen molar-refractivity contribution in [1.29, 1.82) is 0 Å². The summed E-state index contributed by atoms with van der Waals surface area (Å²) in [6.45, 7) is 5.54. The van der Waals surface area contributed by atoms with Gasteiger partial charge in [0.1, 0.15) is 5.60 Å². The van der Waals surface area contributed by atoms with Gasteiger partial charge < -0.3 is 19.9 Å². The van der Waals surface area contributed by atoms with Crippen molar-refractivity contribution < 1.29 is 19.4 Å². The molecule has 0 aromatic heterocycles. The fraction of sp³-hybridized carbons (Fsp3) is 0.909. The van der Waals surface area contributed by atoms with Crippen molar-refractivity contribution >= 4 is 5.91 Å². The number of ether oxygens (including phenoxy) is 2. The van der Waals surface area contributed by atoms with E-state index in [2.05, 4.69) is 5.32 Å². The summed E-state index contributed by atoms with van der Waals surface area (Å²) in [5.74, 6) is -0.0963. The lowest BCUT2D eigenvalue weighted by molar-refractivity contribution is -0.124. The fourth-order valence-electron chi connectivity index (χ4n) is 1.65. The molecular weight excluding hydrogens is 210 g/mol. The molecule has 94 valence electrons. The first-order valence-electron chi connectivity index (χ1n) is 5.77. The molecule has 2 unspecified atom stereocenters. The van der Waals surface area contributed by atoms with E-state index >= 15 is 0 Å². The van der Waals surface area contributed by atoms with Crippen LogP contribution in [0.25, 0.3) is 0 Å². The van der Waals surface area contributed by atoms with E-state index in [-0.39, 0.29) is 18.6 Å². The first-order valence-corrected chi connectivity index (χ1v) is 5.77. The quantitative estimate of drug-likeness (QED) is 0.635. The molecule has 2 N–H and O–H groups in total. The lowest BCUT2D eigenvalue weighted by atomic mass is 9.97. The molecule has 1 rings (SSSR count). The lowest BCUT2D eigenvalue weighted by Crippen LogP contribution is -2.47. The third kappa shape index (κ3) is 3.73. The summed E-state index contributed by atoms with van der Waals surface area (Å²) in [5.41, 5.74) is -0.915. The fourth-order valence-corrected chi connectivity index (χ4v) is 1.65. The maximum atomic E-state index is 11.4. The van der Waals surface area contributed by atoms with Crippen molar-refractivity contribution in [1.82, 2.24) is 5.32 Å². The maximum Gasteiger partial charge on any atom is 0.222 e. The van der Waals surface area contributed by atoms with Crippen molar-refractivity contribution in [2.24, 2.45) is 0 Å². The van der Waals surface area contributed by atoms with Gasteiger partial charge in [0.25, 0.3) is 0 Å². The van der Waals surface area contributed by atoms with Crippen LogP contribution in [-0.4, -0.2) is 49.1 Å². The van der Waals surface area contributed by atoms with E-state index in [0.29, 0.717) is 32.7 Å². The van der Waals surface area contributed by atoms with Crippen LogP contribution in [0.2, 0.25) is 0 Å². The van der Waals surface area contributed by atoms with Crippen LogP contribution >= 0.6 is 0 Å². The zero-order valence-corrected chi connectivity index (χ0v) is 9.99. The average Bonchev–Trinajstić information content (AvgIpc) is 2.58. The number of aliphatic hydroxyl groups is 1. The Bertz CT molecular complexity index is 234. The van der Waals surface area contributed by atoms with Gasteiger partial charge in [0, 0.05) is 32.6 Å². The largest absolute Gasteiger partial charge is 0.385 e. The number of amides is 1. The number of carbonyl (C=O) groups excluding carboxylic acids is 1. The Kier molecular flexibility index (Phi) is 5.18. The molecule has 0 saturated carbocycles. The second-order valence-corrected chi connectivity index (χ2v) is 4.09. The summed E-state index contributed by atoms with van der Waals surface area (Å²) in [6.07, 6.45) is 0.679. The van der Waals surface area contributed by atoms with Crippen molar-refractivity contribution in [3.8, 4) is 0 Å². The topological polar surface area (TPSA) is 67.8 Å².